The third-order valence-corrected chi connectivity index (χ3v) is 5.44. The van der Waals surface area contributed by atoms with Gasteiger partial charge in [-0.2, -0.15) is 5.10 Å². The van der Waals surface area contributed by atoms with Crippen molar-refractivity contribution >= 4 is 11.6 Å². The first-order valence-electron chi connectivity index (χ1n) is 10.6. The number of piperazine rings is 1. The van der Waals surface area contributed by atoms with Gasteiger partial charge < -0.3 is 14.5 Å². The molecule has 1 aliphatic rings. The minimum absolute atomic E-state index is 0.136. The molecule has 4 rings (SSSR count). The Kier molecular flexibility index (Phi) is 6.49. The van der Waals surface area contributed by atoms with E-state index in [1.54, 1.807) is 29.2 Å². The zero-order valence-electron chi connectivity index (χ0n) is 17.9. The third kappa shape index (κ3) is 4.80. The summed E-state index contributed by atoms with van der Waals surface area (Å²) in [5.41, 5.74) is 1.64. The van der Waals surface area contributed by atoms with E-state index in [9.17, 15) is 14.0 Å². The molecule has 2 heterocycles. The number of amides is 1. The Balaban J connectivity index is 1.42. The number of carbonyl (C=O) groups is 1. The molecule has 0 spiro atoms. The molecule has 0 bridgehead atoms. The van der Waals surface area contributed by atoms with Gasteiger partial charge in [-0.25, -0.2) is 9.07 Å². The van der Waals surface area contributed by atoms with Crippen molar-refractivity contribution in [1.29, 1.82) is 0 Å². The number of hydrogen-bond donors (Lipinski definition) is 0. The zero-order valence-corrected chi connectivity index (χ0v) is 17.9. The smallest absolute Gasteiger partial charge is 0.267 e. The van der Waals surface area contributed by atoms with Crippen LogP contribution in [-0.4, -0.2) is 53.4 Å². The van der Waals surface area contributed by atoms with Gasteiger partial charge in [0.2, 0.25) is 5.91 Å². The highest BCUT2D eigenvalue weighted by molar-refractivity contribution is 5.76. The van der Waals surface area contributed by atoms with Crippen LogP contribution in [-0.2, 0) is 11.3 Å². The Bertz CT molecular complexity index is 1140. The minimum Gasteiger partial charge on any atom is -0.494 e. The van der Waals surface area contributed by atoms with Crippen LogP contribution in [0.5, 0.6) is 5.75 Å². The molecule has 0 N–H and O–H groups in total. The number of hydrogen-bond acceptors (Lipinski definition) is 5. The number of para-hydroxylation sites is 1. The van der Waals surface area contributed by atoms with Gasteiger partial charge >= 0.3 is 0 Å². The van der Waals surface area contributed by atoms with Gasteiger partial charge in [0.25, 0.3) is 5.56 Å². The fourth-order valence-electron chi connectivity index (χ4n) is 3.74. The summed E-state index contributed by atoms with van der Waals surface area (Å²) >= 11 is 0. The highest BCUT2D eigenvalue weighted by Gasteiger charge is 2.23. The molecule has 2 aromatic carbocycles. The number of nitrogens with zero attached hydrogens (tertiary/aromatic N) is 4. The van der Waals surface area contributed by atoms with Crippen LogP contribution in [0.2, 0.25) is 0 Å². The first-order valence-corrected chi connectivity index (χ1v) is 10.6. The van der Waals surface area contributed by atoms with E-state index in [4.69, 9.17) is 4.74 Å². The van der Waals surface area contributed by atoms with Crippen molar-refractivity contribution in [2.24, 2.45) is 0 Å². The normalized spacial score (nSPS) is 13.8. The van der Waals surface area contributed by atoms with Gasteiger partial charge in [-0.1, -0.05) is 12.1 Å². The van der Waals surface area contributed by atoms with Gasteiger partial charge in [-0.05, 0) is 49.4 Å². The largest absolute Gasteiger partial charge is 0.494 e. The van der Waals surface area contributed by atoms with Crippen molar-refractivity contribution in [1.82, 2.24) is 14.7 Å². The second-order valence-electron chi connectivity index (χ2n) is 7.49. The van der Waals surface area contributed by atoms with E-state index in [0.717, 1.165) is 11.3 Å². The summed E-state index contributed by atoms with van der Waals surface area (Å²) in [6.45, 7) is 4.34. The molecule has 0 radical (unpaired) electrons. The average Bonchev–Trinajstić information content (AvgIpc) is 2.82. The molecule has 1 fully saturated rings. The molecule has 0 saturated carbocycles. The lowest BCUT2D eigenvalue weighted by Crippen LogP contribution is -2.50. The standard InChI is InChI=1S/C24H25FN4O3/c1-2-32-19-9-7-18(8-10-19)21-11-12-23(30)29(26-21)17-24(31)28-15-13-27(14-16-28)22-6-4-3-5-20(22)25/h3-12H,2,13-17H2,1H3. The zero-order chi connectivity index (χ0) is 22.5. The monoisotopic (exact) mass is 436 g/mol. The van der Waals surface area contributed by atoms with E-state index < -0.39 is 0 Å². The van der Waals surface area contributed by atoms with E-state index in [1.165, 1.54) is 16.8 Å². The Hall–Kier alpha value is -3.68. The Labute approximate surface area is 185 Å². The van der Waals surface area contributed by atoms with Crippen LogP contribution in [0.3, 0.4) is 0 Å². The minimum atomic E-state index is -0.335. The van der Waals surface area contributed by atoms with Gasteiger partial charge in [0.05, 0.1) is 18.0 Å². The van der Waals surface area contributed by atoms with Crippen LogP contribution in [0.1, 0.15) is 6.92 Å². The predicted molar refractivity (Wildman–Crippen MR) is 120 cm³/mol. The van der Waals surface area contributed by atoms with Crippen molar-refractivity contribution in [3.05, 3.63) is 76.8 Å². The number of rotatable bonds is 6. The molecule has 0 atom stereocenters. The van der Waals surface area contributed by atoms with Gasteiger partial charge in [0.1, 0.15) is 18.1 Å². The molecule has 32 heavy (non-hydrogen) atoms. The van der Waals surface area contributed by atoms with Crippen LogP contribution in [0.4, 0.5) is 10.1 Å². The maximum Gasteiger partial charge on any atom is 0.267 e. The summed E-state index contributed by atoms with van der Waals surface area (Å²) in [6.07, 6.45) is 0. The molecular formula is C24H25FN4O3. The SMILES string of the molecule is CCOc1ccc(-c2ccc(=O)n(CC(=O)N3CCN(c4ccccc4F)CC3)n2)cc1. The molecule has 3 aromatic rings. The van der Waals surface area contributed by atoms with Crippen LogP contribution in [0.25, 0.3) is 11.3 Å². The van der Waals surface area contributed by atoms with Crippen molar-refractivity contribution in [2.75, 3.05) is 37.7 Å². The van der Waals surface area contributed by atoms with Crippen molar-refractivity contribution in [3.63, 3.8) is 0 Å². The number of anilines is 1. The Morgan fingerprint density at radius 1 is 1.00 bits per heavy atom. The summed E-state index contributed by atoms with van der Waals surface area (Å²) in [6, 6.07) is 17.1. The topological polar surface area (TPSA) is 67.7 Å². The molecule has 8 heteroatoms. The summed E-state index contributed by atoms with van der Waals surface area (Å²) in [7, 11) is 0. The maximum atomic E-state index is 14.0. The van der Waals surface area contributed by atoms with Crippen LogP contribution in [0.15, 0.2) is 65.5 Å². The van der Waals surface area contributed by atoms with E-state index in [1.807, 2.05) is 36.1 Å². The second-order valence-corrected chi connectivity index (χ2v) is 7.49. The molecule has 0 unspecified atom stereocenters. The maximum absolute atomic E-state index is 14.0. The first-order chi connectivity index (χ1) is 15.5. The molecule has 1 amide bonds. The molecule has 0 aliphatic carbocycles. The van der Waals surface area contributed by atoms with E-state index >= 15 is 0 Å². The van der Waals surface area contributed by atoms with E-state index in [2.05, 4.69) is 5.10 Å². The van der Waals surface area contributed by atoms with E-state index in [0.29, 0.717) is 44.2 Å². The number of ether oxygens (including phenoxy) is 1. The number of halogens is 1. The molecule has 1 aromatic heterocycles. The van der Waals surface area contributed by atoms with Gasteiger partial charge in [-0.3, -0.25) is 9.59 Å². The van der Waals surface area contributed by atoms with Gasteiger partial charge in [0.15, 0.2) is 0 Å². The third-order valence-electron chi connectivity index (χ3n) is 5.44. The molecule has 166 valence electrons. The summed E-state index contributed by atoms with van der Waals surface area (Å²) in [4.78, 5) is 28.7. The average molecular weight is 436 g/mol. The number of carbonyl (C=O) groups excluding carboxylic acids is 1. The summed E-state index contributed by atoms with van der Waals surface area (Å²) < 4.78 is 20.7. The van der Waals surface area contributed by atoms with Crippen LogP contribution in [0, 0.1) is 5.82 Å². The second kappa shape index (κ2) is 9.64. The first kappa shape index (κ1) is 21.5. The summed E-state index contributed by atoms with van der Waals surface area (Å²) in [5, 5.41) is 4.38. The van der Waals surface area contributed by atoms with Crippen molar-refractivity contribution in [2.45, 2.75) is 13.5 Å². The lowest BCUT2D eigenvalue weighted by atomic mass is 10.1. The van der Waals surface area contributed by atoms with Gasteiger partial charge in [0, 0.05) is 37.8 Å². The van der Waals surface area contributed by atoms with Gasteiger partial charge in [-0.15, -0.1) is 0 Å². The fraction of sp³-hybridized carbons (Fsp3) is 0.292. The molecule has 7 nitrogen and oxygen atoms in total. The Morgan fingerprint density at radius 2 is 1.72 bits per heavy atom. The lowest BCUT2D eigenvalue weighted by molar-refractivity contribution is -0.132. The molecule has 1 saturated heterocycles. The van der Waals surface area contributed by atoms with Crippen molar-refractivity contribution < 1.29 is 13.9 Å². The van der Waals surface area contributed by atoms with Crippen molar-refractivity contribution in [3.8, 4) is 17.0 Å². The highest BCUT2D eigenvalue weighted by atomic mass is 19.1. The summed E-state index contributed by atoms with van der Waals surface area (Å²) in [5.74, 6) is 0.306. The molecular weight excluding hydrogens is 411 g/mol. The quantitative estimate of drug-likeness (QED) is 0.595. The molecule has 1 aliphatic heterocycles. The number of benzene rings is 2. The van der Waals surface area contributed by atoms with E-state index in [-0.39, 0.29) is 23.8 Å². The lowest BCUT2D eigenvalue weighted by Gasteiger charge is -2.36. The Morgan fingerprint density at radius 3 is 2.41 bits per heavy atom. The van der Waals surface area contributed by atoms with Crippen LogP contribution < -0.4 is 15.2 Å². The fourth-order valence-corrected chi connectivity index (χ4v) is 3.74. The highest BCUT2D eigenvalue weighted by Crippen LogP contribution is 2.21. The number of aromatic nitrogens is 2. The van der Waals surface area contributed by atoms with Crippen LogP contribution >= 0.6 is 0 Å². The predicted octanol–water partition coefficient (Wildman–Crippen LogP) is 2.80.